The van der Waals surface area contributed by atoms with Gasteiger partial charge in [0.15, 0.2) is 0 Å². The Hall–Kier alpha value is -2.14. The number of hydrogen-bond donors (Lipinski definition) is 1. The van der Waals surface area contributed by atoms with Crippen LogP contribution in [0, 0.1) is 0 Å². The smallest absolute Gasteiger partial charge is 0.474 e. The van der Waals surface area contributed by atoms with E-state index in [1.165, 1.54) is 0 Å². The highest BCUT2D eigenvalue weighted by Gasteiger charge is 2.85. The number of imidazole rings is 1. The fourth-order valence-electron chi connectivity index (χ4n) is 4.09. The second-order valence-corrected chi connectivity index (χ2v) is 7.81. The summed E-state index contributed by atoms with van der Waals surface area (Å²) in [6.45, 7) is 1.04. The van der Waals surface area contributed by atoms with Crippen LogP contribution in [0.1, 0.15) is 31.4 Å². The van der Waals surface area contributed by atoms with Gasteiger partial charge < -0.3 is 19.4 Å². The minimum Gasteiger partial charge on any atom is -0.474 e. The number of hydrogen-bond acceptors (Lipinski definition) is 6. The summed E-state index contributed by atoms with van der Waals surface area (Å²) >= 11 is 0. The van der Waals surface area contributed by atoms with E-state index >= 15 is 0 Å². The number of halogens is 3. The number of rotatable bonds is 7. The van der Waals surface area contributed by atoms with Crippen molar-refractivity contribution in [3.05, 3.63) is 18.2 Å². The molecule has 0 spiro atoms. The molecule has 11 heteroatoms. The second-order valence-electron chi connectivity index (χ2n) is 7.81. The lowest BCUT2D eigenvalue weighted by Crippen LogP contribution is -2.43. The van der Waals surface area contributed by atoms with Gasteiger partial charge in [0.2, 0.25) is 11.8 Å². The molecule has 0 bridgehead atoms. The van der Waals surface area contributed by atoms with Gasteiger partial charge in [-0.05, 0) is 12.8 Å². The van der Waals surface area contributed by atoms with E-state index in [1.807, 2.05) is 10.8 Å². The standard InChI is InChI=1S/C17H19F3N4O4/c18-17(19,20)28-11-3-10(4-11)27-6-13(25)23-15-7-16(15,8-15)24-5-12(22-9-24)14-21-1-2-26-14/h5,9-11H,1-4,6-8H2,(H,23,25). The Balaban J connectivity index is 1.07. The van der Waals surface area contributed by atoms with E-state index in [9.17, 15) is 18.0 Å². The van der Waals surface area contributed by atoms with Crippen LogP contribution in [0.5, 0.6) is 0 Å². The van der Waals surface area contributed by atoms with Crippen LogP contribution in [-0.2, 0) is 24.5 Å². The highest BCUT2D eigenvalue weighted by Crippen LogP contribution is 2.76. The van der Waals surface area contributed by atoms with Crippen LogP contribution in [0.25, 0.3) is 0 Å². The van der Waals surface area contributed by atoms with Crippen molar-refractivity contribution in [2.75, 3.05) is 19.8 Å². The molecule has 0 radical (unpaired) electrons. The number of nitrogens with one attached hydrogen (secondary N) is 1. The molecule has 1 aromatic heterocycles. The fourth-order valence-corrected chi connectivity index (χ4v) is 4.09. The summed E-state index contributed by atoms with van der Waals surface area (Å²) in [4.78, 5) is 20.7. The number of aliphatic imine (C=N–C) groups is 1. The molecule has 1 amide bonds. The number of aromatic nitrogens is 2. The van der Waals surface area contributed by atoms with E-state index in [0.717, 1.165) is 12.8 Å². The summed E-state index contributed by atoms with van der Waals surface area (Å²) < 4.78 is 52.9. The first-order chi connectivity index (χ1) is 13.3. The van der Waals surface area contributed by atoms with Crippen molar-refractivity contribution in [1.29, 1.82) is 0 Å². The minimum absolute atomic E-state index is 0.144. The van der Waals surface area contributed by atoms with E-state index in [0.29, 0.717) is 24.7 Å². The van der Waals surface area contributed by atoms with Gasteiger partial charge in [-0.3, -0.25) is 9.53 Å². The molecular weight excluding hydrogens is 381 g/mol. The van der Waals surface area contributed by atoms with Gasteiger partial charge >= 0.3 is 6.36 Å². The molecule has 28 heavy (non-hydrogen) atoms. The Kier molecular flexibility index (Phi) is 3.80. The molecule has 1 N–H and O–H groups in total. The van der Waals surface area contributed by atoms with Crippen LogP contribution in [-0.4, -0.2) is 65.2 Å². The largest absolute Gasteiger partial charge is 0.522 e. The number of carbonyl (C=O) groups is 1. The van der Waals surface area contributed by atoms with Crippen LogP contribution in [0.4, 0.5) is 13.2 Å². The zero-order valence-corrected chi connectivity index (χ0v) is 14.9. The Labute approximate surface area is 158 Å². The van der Waals surface area contributed by atoms with Gasteiger partial charge in [-0.2, -0.15) is 0 Å². The Morgan fingerprint density at radius 3 is 2.82 bits per heavy atom. The molecule has 1 aliphatic heterocycles. The maximum absolute atomic E-state index is 12.2. The summed E-state index contributed by atoms with van der Waals surface area (Å²) in [5.74, 6) is 0.288. The molecule has 3 aliphatic carbocycles. The number of carbonyl (C=O) groups excluding carboxylic acids is 1. The maximum Gasteiger partial charge on any atom is 0.522 e. The minimum atomic E-state index is -4.63. The van der Waals surface area contributed by atoms with E-state index in [4.69, 9.17) is 9.47 Å². The van der Waals surface area contributed by atoms with Gasteiger partial charge in [0, 0.05) is 19.0 Å². The van der Waals surface area contributed by atoms with Crippen LogP contribution in [0.15, 0.2) is 17.5 Å². The normalized spacial score (nSPS) is 35.5. The molecule has 8 nitrogen and oxygen atoms in total. The summed E-state index contributed by atoms with van der Waals surface area (Å²) in [6, 6.07) is 0. The van der Waals surface area contributed by atoms with Crippen LogP contribution in [0.3, 0.4) is 0 Å². The maximum atomic E-state index is 12.2. The summed E-state index contributed by atoms with van der Waals surface area (Å²) in [7, 11) is 0. The van der Waals surface area contributed by atoms with E-state index in [1.54, 1.807) is 6.33 Å². The predicted molar refractivity (Wildman–Crippen MR) is 87.6 cm³/mol. The highest BCUT2D eigenvalue weighted by atomic mass is 19.4. The molecule has 4 aliphatic rings. The predicted octanol–water partition coefficient (Wildman–Crippen LogP) is 1.10. The molecule has 0 aromatic carbocycles. The number of fused-ring (bicyclic) bond motifs is 1. The van der Waals surface area contributed by atoms with Gasteiger partial charge in [-0.1, -0.05) is 0 Å². The number of alkyl halides is 3. The SMILES string of the molecule is O=C(COC1CC(OC(F)(F)F)C1)NC12CC1(n1cnc(C3=NCCO3)c1)C2. The molecule has 3 saturated carbocycles. The van der Waals surface area contributed by atoms with E-state index in [-0.39, 0.29) is 42.5 Å². The van der Waals surface area contributed by atoms with Crippen molar-refractivity contribution >= 4 is 11.8 Å². The van der Waals surface area contributed by atoms with Crippen LogP contribution < -0.4 is 5.32 Å². The van der Waals surface area contributed by atoms with Gasteiger partial charge in [0.25, 0.3) is 0 Å². The third-order valence-corrected chi connectivity index (χ3v) is 5.89. The van der Waals surface area contributed by atoms with Crippen molar-refractivity contribution < 1.29 is 32.2 Å². The molecule has 1 aromatic rings. The lowest BCUT2D eigenvalue weighted by Gasteiger charge is -2.34. The Bertz CT molecular complexity index is 825. The lowest BCUT2D eigenvalue weighted by atomic mass is 9.92. The topological polar surface area (TPSA) is 87.0 Å². The summed E-state index contributed by atoms with van der Waals surface area (Å²) in [5.41, 5.74) is 0.273. The first-order valence-electron chi connectivity index (χ1n) is 9.18. The van der Waals surface area contributed by atoms with E-state index < -0.39 is 12.5 Å². The number of amides is 1. The molecule has 0 saturated heterocycles. The van der Waals surface area contributed by atoms with Gasteiger partial charge in [-0.25, -0.2) is 9.98 Å². The summed E-state index contributed by atoms with van der Waals surface area (Å²) in [5, 5.41) is 2.99. The Morgan fingerprint density at radius 2 is 2.14 bits per heavy atom. The number of nitrogens with zero attached hydrogens (tertiary/aromatic N) is 3. The zero-order valence-electron chi connectivity index (χ0n) is 14.9. The molecule has 0 unspecified atom stereocenters. The molecule has 3 fully saturated rings. The van der Waals surface area contributed by atoms with Crippen molar-refractivity contribution in [3.63, 3.8) is 0 Å². The monoisotopic (exact) mass is 400 g/mol. The molecule has 152 valence electrons. The highest BCUT2D eigenvalue weighted by molar-refractivity contribution is 5.92. The summed E-state index contributed by atoms with van der Waals surface area (Å²) in [6.07, 6.45) is -0.339. The van der Waals surface area contributed by atoms with Gasteiger partial charge in [0.05, 0.1) is 36.2 Å². The Morgan fingerprint density at radius 1 is 1.36 bits per heavy atom. The van der Waals surface area contributed by atoms with E-state index in [2.05, 4.69) is 20.0 Å². The van der Waals surface area contributed by atoms with Gasteiger partial charge in [0.1, 0.15) is 18.9 Å². The zero-order chi connectivity index (χ0) is 19.6. The molecule has 5 rings (SSSR count). The quantitative estimate of drug-likeness (QED) is 0.741. The van der Waals surface area contributed by atoms with Crippen molar-refractivity contribution in [3.8, 4) is 0 Å². The fraction of sp³-hybridized carbons (Fsp3) is 0.706. The third kappa shape index (κ3) is 3.06. The van der Waals surface area contributed by atoms with Crippen molar-refractivity contribution in [2.45, 2.75) is 55.3 Å². The molecular formula is C17H19F3N4O4. The first kappa shape index (κ1) is 17.9. The third-order valence-electron chi connectivity index (χ3n) is 5.89. The number of ether oxygens (including phenoxy) is 3. The average molecular weight is 400 g/mol. The second kappa shape index (κ2) is 5.93. The van der Waals surface area contributed by atoms with Crippen LogP contribution >= 0.6 is 0 Å². The van der Waals surface area contributed by atoms with Crippen LogP contribution in [0.2, 0.25) is 0 Å². The lowest BCUT2D eigenvalue weighted by molar-refractivity contribution is -0.357. The molecule has 2 heterocycles. The first-order valence-corrected chi connectivity index (χ1v) is 9.18. The van der Waals surface area contributed by atoms with Crippen molar-refractivity contribution in [2.24, 2.45) is 4.99 Å². The van der Waals surface area contributed by atoms with Crippen molar-refractivity contribution in [1.82, 2.24) is 14.9 Å². The van der Waals surface area contributed by atoms with Gasteiger partial charge in [-0.15, -0.1) is 13.2 Å². The molecule has 0 atom stereocenters. The average Bonchev–Trinajstić information content (AvgIpc) is 3.12.